The lowest BCUT2D eigenvalue weighted by Gasteiger charge is -2.46. The molecule has 14 heteroatoms. The number of hydrogen-bond acceptors (Lipinski definition) is 13. The fourth-order valence-corrected chi connectivity index (χ4v) is 12.4. The smallest absolute Gasteiger partial charge is 0.220 e. The number of allylic oxidation sites excluding steroid dienone is 8. The van der Waals surface area contributed by atoms with Crippen LogP contribution in [0, 0.1) is 0 Å². The average molecular weight is 1260 g/mol. The van der Waals surface area contributed by atoms with Crippen molar-refractivity contribution in [2.75, 3.05) is 19.8 Å². The number of unbranched alkanes of at least 4 members (excludes halogenated alkanes) is 41. The first-order chi connectivity index (χ1) is 43.6. The Hall–Kier alpha value is -2.05. The normalized spacial score (nSPS) is 23.3. The van der Waals surface area contributed by atoms with Crippen LogP contribution < -0.4 is 5.32 Å². The largest absolute Gasteiger partial charge is 0.394 e. The summed E-state index contributed by atoms with van der Waals surface area (Å²) >= 11 is 0. The Morgan fingerprint density at radius 1 is 0.416 bits per heavy atom. The molecule has 0 saturated carbocycles. The molecule has 0 aromatic carbocycles. The maximum Gasteiger partial charge on any atom is 0.220 e. The molecule has 12 atom stereocenters. The van der Waals surface area contributed by atoms with E-state index in [0.29, 0.717) is 12.8 Å². The second-order valence-corrected chi connectivity index (χ2v) is 26.4. The molecule has 0 aromatic rings. The van der Waals surface area contributed by atoms with Gasteiger partial charge in [-0.15, -0.1) is 0 Å². The van der Waals surface area contributed by atoms with Gasteiger partial charge in [0, 0.05) is 6.42 Å². The van der Waals surface area contributed by atoms with Crippen molar-refractivity contribution in [2.24, 2.45) is 0 Å². The lowest BCUT2D eigenvalue weighted by Crippen LogP contribution is -2.65. The van der Waals surface area contributed by atoms with E-state index in [4.69, 9.17) is 18.9 Å². The molecule has 2 heterocycles. The summed E-state index contributed by atoms with van der Waals surface area (Å²) in [5.41, 5.74) is 0. The van der Waals surface area contributed by atoms with Gasteiger partial charge in [0.15, 0.2) is 12.6 Å². The third kappa shape index (κ3) is 43.5. The SMILES string of the molecule is CC/C=C\C/C=C\C/C=C\C/C=C\CCCCCCCCCCCCCCC(=O)NC(COC1OC(CO)C(OC2OC(CO)C(O)C(O)C2O)C(O)C1O)C(O)CCCCCCCCCCCCCCCCCCCCCCCCCCCCCCCC. The van der Waals surface area contributed by atoms with Crippen LogP contribution in [0.1, 0.15) is 328 Å². The number of carbonyl (C=O) groups is 1. The Labute approximate surface area is 543 Å². The highest BCUT2D eigenvalue weighted by molar-refractivity contribution is 5.76. The van der Waals surface area contributed by atoms with E-state index in [-0.39, 0.29) is 12.5 Å². The van der Waals surface area contributed by atoms with Crippen LogP contribution in [-0.4, -0.2) is 140 Å². The molecule has 1 amide bonds. The molecule has 2 fully saturated rings. The molecule has 0 aliphatic carbocycles. The Kier molecular flexibility index (Phi) is 55.7. The standard InChI is InChI=1S/C75H139NO13/c1-3-5-7-9-11-13-15-17-19-21-23-25-27-29-30-31-32-33-35-36-38-40-42-44-46-48-50-52-54-56-58-64(79)63(62-86-74-72(85)70(83)73(66(61-78)88-74)89-75-71(84)69(82)68(81)65(60-77)87-75)76-67(80)59-57-55-53-51-49-47-45-43-41-39-37-34-28-26-24-22-20-18-16-14-12-10-8-6-4-2/h6,8,12,14,18,20,24,26,63-66,68-75,77-79,81-85H,3-5,7,9-11,13,15-17,19,21-23,25,27-62H2,1-2H3,(H,76,80)/b8-6-,14-12-,20-18-,26-24-. The van der Waals surface area contributed by atoms with Gasteiger partial charge < -0.3 is 65.1 Å². The zero-order valence-corrected chi connectivity index (χ0v) is 56.9. The van der Waals surface area contributed by atoms with Gasteiger partial charge in [-0.25, -0.2) is 0 Å². The summed E-state index contributed by atoms with van der Waals surface area (Å²) in [4.78, 5) is 13.4. The zero-order valence-electron chi connectivity index (χ0n) is 56.9. The molecule has 12 unspecified atom stereocenters. The number of aliphatic hydroxyl groups excluding tert-OH is 8. The van der Waals surface area contributed by atoms with Crippen LogP contribution >= 0.6 is 0 Å². The van der Waals surface area contributed by atoms with E-state index in [1.54, 1.807) is 0 Å². The van der Waals surface area contributed by atoms with E-state index in [1.807, 2.05) is 0 Å². The molecular formula is C75H139NO13. The minimum absolute atomic E-state index is 0.205. The van der Waals surface area contributed by atoms with Gasteiger partial charge in [-0.1, -0.05) is 319 Å². The van der Waals surface area contributed by atoms with Gasteiger partial charge in [0.25, 0.3) is 0 Å². The predicted molar refractivity (Wildman–Crippen MR) is 364 cm³/mol. The molecule has 0 bridgehead atoms. The van der Waals surface area contributed by atoms with Crippen LogP contribution in [0.2, 0.25) is 0 Å². The van der Waals surface area contributed by atoms with Crippen LogP contribution in [0.4, 0.5) is 0 Å². The molecule has 0 spiro atoms. The van der Waals surface area contributed by atoms with E-state index < -0.39 is 86.8 Å². The number of amides is 1. The van der Waals surface area contributed by atoms with E-state index in [0.717, 1.165) is 83.5 Å². The number of carbonyl (C=O) groups excluding carboxylic acids is 1. The van der Waals surface area contributed by atoms with Crippen LogP contribution in [0.3, 0.4) is 0 Å². The van der Waals surface area contributed by atoms with Crippen molar-refractivity contribution in [1.29, 1.82) is 0 Å². The van der Waals surface area contributed by atoms with Gasteiger partial charge in [0.2, 0.25) is 5.91 Å². The molecule has 2 aliphatic heterocycles. The fourth-order valence-electron chi connectivity index (χ4n) is 12.4. The molecule has 522 valence electrons. The van der Waals surface area contributed by atoms with Crippen LogP contribution in [0.25, 0.3) is 0 Å². The topological polar surface area (TPSA) is 228 Å². The molecule has 2 saturated heterocycles. The second-order valence-electron chi connectivity index (χ2n) is 26.4. The van der Waals surface area contributed by atoms with E-state index in [9.17, 15) is 45.6 Å². The summed E-state index contributed by atoms with van der Waals surface area (Å²) in [5, 5.41) is 87.7. The Balaban J connectivity index is 1.64. The van der Waals surface area contributed by atoms with Gasteiger partial charge in [-0.2, -0.15) is 0 Å². The number of aliphatic hydroxyl groups is 8. The Morgan fingerprint density at radius 3 is 1.19 bits per heavy atom. The van der Waals surface area contributed by atoms with Crippen LogP contribution in [-0.2, 0) is 23.7 Å². The Bertz CT molecular complexity index is 1680. The highest BCUT2D eigenvalue weighted by Gasteiger charge is 2.51. The molecule has 2 aliphatic rings. The van der Waals surface area contributed by atoms with Crippen molar-refractivity contribution in [3.05, 3.63) is 48.6 Å². The van der Waals surface area contributed by atoms with Crippen molar-refractivity contribution in [3.8, 4) is 0 Å². The van der Waals surface area contributed by atoms with Gasteiger partial charge in [-0.3, -0.25) is 4.79 Å². The molecule has 89 heavy (non-hydrogen) atoms. The molecule has 14 nitrogen and oxygen atoms in total. The molecule has 0 aromatic heterocycles. The maximum atomic E-state index is 13.4. The van der Waals surface area contributed by atoms with Gasteiger partial charge in [0.1, 0.15) is 48.8 Å². The molecule has 9 N–H and O–H groups in total. The number of rotatable bonds is 62. The fraction of sp³-hybridized carbons (Fsp3) is 0.880. The summed E-state index contributed by atoms with van der Waals surface area (Å²) in [6, 6.07) is -0.833. The van der Waals surface area contributed by atoms with Gasteiger partial charge in [0.05, 0.1) is 32.0 Å². The van der Waals surface area contributed by atoms with Gasteiger partial charge in [-0.05, 0) is 51.4 Å². The van der Waals surface area contributed by atoms with Crippen LogP contribution in [0.15, 0.2) is 48.6 Å². The summed E-state index contributed by atoms with van der Waals surface area (Å²) in [5.74, 6) is -0.205. The summed E-state index contributed by atoms with van der Waals surface area (Å²) in [6.07, 6.45) is 61.3. The molecule has 2 rings (SSSR count). The van der Waals surface area contributed by atoms with E-state index in [1.165, 1.54) is 218 Å². The van der Waals surface area contributed by atoms with E-state index in [2.05, 4.69) is 67.8 Å². The number of hydrogen-bond donors (Lipinski definition) is 9. The zero-order chi connectivity index (χ0) is 64.5. The van der Waals surface area contributed by atoms with E-state index >= 15 is 0 Å². The minimum atomic E-state index is -1.78. The second kappa shape index (κ2) is 59.7. The molecule has 0 radical (unpaired) electrons. The first kappa shape index (κ1) is 83.0. The molecular weight excluding hydrogens is 1120 g/mol. The summed E-state index contributed by atoms with van der Waals surface area (Å²) in [6.45, 7) is 2.80. The number of nitrogens with one attached hydrogen (secondary N) is 1. The van der Waals surface area contributed by atoms with Crippen LogP contribution in [0.5, 0.6) is 0 Å². The Morgan fingerprint density at radius 2 is 0.775 bits per heavy atom. The third-order valence-electron chi connectivity index (χ3n) is 18.3. The van der Waals surface area contributed by atoms with Crippen molar-refractivity contribution < 1.29 is 64.6 Å². The summed E-state index contributed by atoms with van der Waals surface area (Å²) < 4.78 is 23.0. The predicted octanol–water partition coefficient (Wildman–Crippen LogP) is 15.9. The first-order valence-electron chi connectivity index (χ1n) is 37.4. The lowest BCUT2D eigenvalue weighted by atomic mass is 9.97. The van der Waals surface area contributed by atoms with Crippen molar-refractivity contribution in [1.82, 2.24) is 5.32 Å². The third-order valence-corrected chi connectivity index (χ3v) is 18.3. The first-order valence-corrected chi connectivity index (χ1v) is 37.4. The maximum absolute atomic E-state index is 13.4. The van der Waals surface area contributed by atoms with Crippen molar-refractivity contribution >= 4 is 5.91 Å². The average Bonchev–Trinajstić information content (AvgIpc) is 1.37. The van der Waals surface area contributed by atoms with Crippen molar-refractivity contribution in [3.63, 3.8) is 0 Å². The quantitative estimate of drug-likeness (QED) is 0.0204. The highest BCUT2D eigenvalue weighted by atomic mass is 16.7. The van der Waals surface area contributed by atoms with Gasteiger partial charge >= 0.3 is 0 Å². The highest BCUT2D eigenvalue weighted by Crippen LogP contribution is 2.30. The minimum Gasteiger partial charge on any atom is -0.394 e. The lowest BCUT2D eigenvalue weighted by molar-refractivity contribution is -0.359. The number of ether oxygens (including phenoxy) is 4. The summed E-state index contributed by atoms with van der Waals surface area (Å²) in [7, 11) is 0. The monoisotopic (exact) mass is 1260 g/mol. The van der Waals surface area contributed by atoms with Crippen molar-refractivity contribution in [2.45, 2.75) is 402 Å².